The van der Waals surface area contributed by atoms with Crippen LogP contribution in [0.5, 0.6) is 0 Å². The van der Waals surface area contributed by atoms with Crippen molar-refractivity contribution < 1.29 is 15.0 Å². The second-order valence-electron chi connectivity index (χ2n) is 5.69. The summed E-state index contributed by atoms with van der Waals surface area (Å²) < 4.78 is 0. The third kappa shape index (κ3) is 2.30. The number of nitrogens with zero attached hydrogens (tertiary/aromatic N) is 3. The molecule has 0 aromatic rings. The first kappa shape index (κ1) is 14.0. The van der Waals surface area contributed by atoms with E-state index >= 15 is 0 Å². The molecule has 8 heteroatoms. The molecule has 1 saturated carbocycles. The van der Waals surface area contributed by atoms with E-state index < -0.39 is 18.3 Å². The summed E-state index contributed by atoms with van der Waals surface area (Å²) in [5.41, 5.74) is 6.42. The fourth-order valence-electron chi connectivity index (χ4n) is 3.20. The van der Waals surface area contributed by atoms with Crippen LogP contribution in [0.4, 0.5) is 0 Å². The summed E-state index contributed by atoms with van der Waals surface area (Å²) >= 11 is 0. The summed E-state index contributed by atoms with van der Waals surface area (Å²) in [5, 5.41) is 21.7. The zero-order valence-corrected chi connectivity index (χ0v) is 11.5. The average molecular weight is 293 g/mol. The summed E-state index contributed by atoms with van der Waals surface area (Å²) in [6.07, 6.45) is 1.13. The quantitative estimate of drug-likeness (QED) is 0.449. The van der Waals surface area contributed by atoms with Gasteiger partial charge in [0.25, 0.3) is 5.91 Å². The molecule has 0 radical (unpaired) electrons. The molecular weight excluding hydrogens is 274 g/mol. The fraction of sp³-hybridized carbons (Fsp3) is 0.615. The number of carbonyl (C=O) groups is 1. The van der Waals surface area contributed by atoms with E-state index in [4.69, 9.17) is 5.73 Å². The Morgan fingerprint density at radius 3 is 3.00 bits per heavy atom. The minimum absolute atomic E-state index is 0.0313. The van der Waals surface area contributed by atoms with Gasteiger partial charge >= 0.3 is 0 Å². The van der Waals surface area contributed by atoms with Crippen molar-refractivity contribution in [3.63, 3.8) is 0 Å². The van der Waals surface area contributed by atoms with Crippen molar-refractivity contribution in [2.45, 2.75) is 24.7 Å². The molecule has 2 heterocycles. The molecule has 0 bridgehead atoms. The highest BCUT2D eigenvalue weighted by atomic mass is 16.3. The number of nitrogens with two attached hydrogens (primary N) is 1. The van der Waals surface area contributed by atoms with Crippen LogP contribution >= 0.6 is 0 Å². The second kappa shape index (κ2) is 5.12. The Bertz CT molecular complexity index is 532. The number of nitrogens with one attached hydrogen (secondary N) is 1. The minimum atomic E-state index is -0.578. The van der Waals surface area contributed by atoms with E-state index in [0.29, 0.717) is 13.0 Å². The van der Waals surface area contributed by atoms with Crippen molar-refractivity contribution >= 4 is 18.2 Å². The molecule has 21 heavy (non-hydrogen) atoms. The lowest BCUT2D eigenvalue weighted by Crippen LogP contribution is -2.54. The number of fused-ring (bicyclic) bond motifs is 1. The number of aliphatic hydroxyl groups excluding tert-OH is 2. The lowest BCUT2D eigenvalue weighted by Gasteiger charge is -2.29. The number of hydrogen-bond donors (Lipinski definition) is 4. The Kier molecular flexibility index (Phi) is 3.42. The highest BCUT2D eigenvalue weighted by Crippen LogP contribution is 2.36. The molecule has 5 atom stereocenters. The molecule has 0 spiro atoms. The van der Waals surface area contributed by atoms with Gasteiger partial charge in [-0.1, -0.05) is 12.2 Å². The van der Waals surface area contributed by atoms with Crippen LogP contribution in [0.3, 0.4) is 0 Å². The SMILES string of the molecule is C=C1[C@@H](CN2C=NC3C(=O)NC(N)=NC32)C[C@H](O)[C@H]1CO. The first-order valence-electron chi connectivity index (χ1n) is 6.92. The standard InChI is InChI=1S/C13H19N5O3/c1-6-7(2-9(20)8(6)4-19)3-18-5-15-10-11(18)16-13(14)17-12(10)21/h5,7-11,19-20H,1-4H2,(H3,14,16,17,21)/t7-,8+,9+,10?,11?/m1/s1. The van der Waals surface area contributed by atoms with Crippen LogP contribution in [0.1, 0.15) is 6.42 Å². The molecule has 8 nitrogen and oxygen atoms in total. The largest absolute Gasteiger partial charge is 0.396 e. The Labute approximate surface area is 122 Å². The zero-order valence-electron chi connectivity index (χ0n) is 11.5. The number of aliphatic hydroxyl groups is 2. The van der Waals surface area contributed by atoms with Gasteiger partial charge in [0.2, 0.25) is 0 Å². The van der Waals surface area contributed by atoms with Gasteiger partial charge in [-0.3, -0.25) is 15.1 Å². The van der Waals surface area contributed by atoms with Crippen molar-refractivity contribution in [1.82, 2.24) is 10.2 Å². The van der Waals surface area contributed by atoms with Gasteiger partial charge in [0, 0.05) is 18.4 Å². The van der Waals surface area contributed by atoms with Gasteiger partial charge < -0.3 is 20.8 Å². The van der Waals surface area contributed by atoms with Crippen molar-refractivity contribution in [3.05, 3.63) is 12.2 Å². The van der Waals surface area contributed by atoms with Gasteiger partial charge in [-0.2, -0.15) is 0 Å². The van der Waals surface area contributed by atoms with Gasteiger partial charge in [0.05, 0.1) is 19.0 Å². The van der Waals surface area contributed by atoms with Crippen molar-refractivity contribution in [2.75, 3.05) is 13.2 Å². The summed E-state index contributed by atoms with van der Waals surface area (Å²) in [7, 11) is 0. The summed E-state index contributed by atoms with van der Waals surface area (Å²) in [4.78, 5) is 22.0. The highest BCUT2D eigenvalue weighted by Gasteiger charge is 2.42. The van der Waals surface area contributed by atoms with Crippen LogP contribution in [-0.4, -0.2) is 64.8 Å². The predicted molar refractivity (Wildman–Crippen MR) is 76.4 cm³/mol. The van der Waals surface area contributed by atoms with Gasteiger partial charge in [-0.05, 0) is 6.42 Å². The van der Waals surface area contributed by atoms with Crippen LogP contribution in [-0.2, 0) is 4.79 Å². The Hall–Kier alpha value is -1.93. The van der Waals surface area contributed by atoms with E-state index in [1.807, 2.05) is 4.90 Å². The Morgan fingerprint density at radius 2 is 2.33 bits per heavy atom. The molecule has 3 aliphatic rings. The minimum Gasteiger partial charge on any atom is -0.396 e. The molecule has 1 amide bonds. The number of hydrogen-bond acceptors (Lipinski definition) is 7. The summed E-state index contributed by atoms with van der Waals surface area (Å²) in [5.74, 6) is -0.419. The molecule has 114 valence electrons. The van der Waals surface area contributed by atoms with E-state index in [1.54, 1.807) is 6.34 Å². The maximum Gasteiger partial charge on any atom is 0.255 e. The van der Waals surface area contributed by atoms with Crippen LogP contribution in [0.15, 0.2) is 22.1 Å². The fourth-order valence-corrected chi connectivity index (χ4v) is 3.20. The van der Waals surface area contributed by atoms with E-state index in [9.17, 15) is 15.0 Å². The molecule has 0 aromatic heterocycles. The van der Waals surface area contributed by atoms with Crippen LogP contribution in [0, 0.1) is 11.8 Å². The zero-order chi connectivity index (χ0) is 15.1. The lowest BCUT2D eigenvalue weighted by molar-refractivity contribution is -0.122. The van der Waals surface area contributed by atoms with Gasteiger partial charge in [-0.25, -0.2) is 4.99 Å². The van der Waals surface area contributed by atoms with Gasteiger partial charge in [0.1, 0.15) is 0 Å². The number of aliphatic imine (C=N–C) groups is 2. The number of rotatable bonds is 3. The molecule has 1 aliphatic carbocycles. The molecular formula is C13H19N5O3. The summed E-state index contributed by atoms with van der Waals surface area (Å²) in [6.45, 7) is 4.42. The Morgan fingerprint density at radius 1 is 1.57 bits per heavy atom. The van der Waals surface area contributed by atoms with Crippen molar-refractivity contribution in [3.8, 4) is 0 Å². The molecule has 2 unspecified atom stereocenters. The molecule has 0 aromatic carbocycles. The first-order chi connectivity index (χ1) is 10.0. The van der Waals surface area contributed by atoms with E-state index in [1.165, 1.54) is 0 Å². The monoisotopic (exact) mass is 293 g/mol. The van der Waals surface area contributed by atoms with E-state index in [2.05, 4.69) is 21.9 Å². The number of carbonyl (C=O) groups excluding carboxylic acids is 1. The van der Waals surface area contributed by atoms with Crippen molar-refractivity contribution in [1.29, 1.82) is 0 Å². The number of amides is 1. The predicted octanol–water partition coefficient (Wildman–Crippen LogP) is -1.98. The molecule has 1 fully saturated rings. The molecule has 2 aliphatic heterocycles. The maximum absolute atomic E-state index is 11.8. The number of guanidine groups is 1. The van der Waals surface area contributed by atoms with Crippen LogP contribution < -0.4 is 11.1 Å². The molecule has 5 N–H and O–H groups in total. The smallest absolute Gasteiger partial charge is 0.255 e. The second-order valence-corrected chi connectivity index (χ2v) is 5.69. The first-order valence-corrected chi connectivity index (χ1v) is 6.92. The van der Waals surface area contributed by atoms with Crippen molar-refractivity contribution in [2.24, 2.45) is 27.6 Å². The van der Waals surface area contributed by atoms with E-state index in [-0.39, 0.29) is 30.3 Å². The van der Waals surface area contributed by atoms with Gasteiger partial charge in [0.15, 0.2) is 18.2 Å². The highest BCUT2D eigenvalue weighted by molar-refractivity contribution is 6.02. The topological polar surface area (TPSA) is 124 Å². The lowest BCUT2D eigenvalue weighted by atomic mass is 9.98. The van der Waals surface area contributed by atoms with E-state index in [0.717, 1.165) is 5.57 Å². The molecule has 0 saturated heterocycles. The Balaban J connectivity index is 1.72. The molecule has 3 rings (SSSR count). The third-order valence-electron chi connectivity index (χ3n) is 4.41. The van der Waals surface area contributed by atoms with Gasteiger partial charge in [-0.15, -0.1) is 0 Å². The normalized spacial score (nSPS) is 38.5. The third-order valence-corrected chi connectivity index (χ3v) is 4.41. The van der Waals surface area contributed by atoms with Crippen LogP contribution in [0.2, 0.25) is 0 Å². The summed E-state index contributed by atoms with van der Waals surface area (Å²) in [6, 6.07) is -0.578. The maximum atomic E-state index is 11.8. The average Bonchev–Trinajstić information content (AvgIpc) is 2.93. The van der Waals surface area contributed by atoms with Crippen LogP contribution in [0.25, 0.3) is 0 Å².